The highest BCUT2D eigenvalue weighted by molar-refractivity contribution is 8.16. The fourth-order valence-electron chi connectivity index (χ4n) is 2.54. The number of benzene rings is 2. The number of thioether (sulfide) groups is 1. The molecule has 2 N–H and O–H groups in total. The van der Waals surface area contributed by atoms with Gasteiger partial charge in [0.2, 0.25) is 0 Å². The van der Waals surface area contributed by atoms with E-state index in [0.717, 1.165) is 17.1 Å². The highest BCUT2D eigenvalue weighted by Gasteiger charge is 2.32. The van der Waals surface area contributed by atoms with Crippen molar-refractivity contribution in [3.8, 4) is 0 Å². The summed E-state index contributed by atoms with van der Waals surface area (Å²) in [6, 6.07) is 12.2. The zero-order chi connectivity index (χ0) is 21.4. The molecule has 1 fully saturated rings. The number of hydrogen-bond donors (Lipinski definition) is 2. The lowest BCUT2D eigenvalue weighted by atomic mass is 10.1. The molecule has 0 radical (unpaired) electrons. The summed E-state index contributed by atoms with van der Waals surface area (Å²) in [7, 11) is -3.99. The molecule has 0 aliphatic carbocycles. The molecular formula is C21H23N3O3S2. The van der Waals surface area contributed by atoms with Gasteiger partial charge in [-0.15, -0.1) is 4.40 Å². The molecule has 29 heavy (non-hydrogen) atoms. The molecule has 1 saturated heterocycles. The zero-order valence-electron chi connectivity index (χ0n) is 16.3. The number of amidine groups is 1. The summed E-state index contributed by atoms with van der Waals surface area (Å²) in [6.07, 6.45) is 4.75. The Labute approximate surface area is 175 Å². The second-order valence-electron chi connectivity index (χ2n) is 5.54. The van der Waals surface area contributed by atoms with Gasteiger partial charge in [0, 0.05) is 11.1 Å². The molecule has 1 atom stereocenters. The first-order valence-electron chi connectivity index (χ1n) is 8.96. The van der Waals surface area contributed by atoms with Crippen LogP contribution >= 0.6 is 11.8 Å². The predicted octanol–water partition coefficient (Wildman–Crippen LogP) is 3.95. The van der Waals surface area contributed by atoms with Gasteiger partial charge >= 0.3 is 0 Å². The number of sulfonamides is 1. The molecule has 0 spiro atoms. The van der Waals surface area contributed by atoms with Crippen molar-refractivity contribution >= 4 is 43.6 Å². The Balaban J connectivity index is 0.00000145. The number of hydrogen-bond acceptors (Lipinski definition) is 5. The molecule has 1 heterocycles. The fraction of sp³-hybridized carbons (Fsp3) is 0.143. The van der Waals surface area contributed by atoms with Gasteiger partial charge in [-0.1, -0.05) is 81.2 Å². The lowest BCUT2D eigenvalue weighted by molar-refractivity contribution is -0.119. The van der Waals surface area contributed by atoms with Crippen LogP contribution in [0.3, 0.4) is 0 Å². The Morgan fingerprint density at radius 1 is 1.17 bits per heavy atom. The molecule has 1 unspecified atom stereocenters. The molecule has 152 valence electrons. The third-order valence-electron chi connectivity index (χ3n) is 3.74. The number of fused-ring (bicyclic) bond motifs is 1. The molecule has 2 aromatic carbocycles. The second-order valence-corrected chi connectivity index (χ2v) is 8.21. The highest BCUT2D eigenvalue weighted by Crippen LogP contribution is 2.26. The first-order chi connectivity index (χ1) is 13.9. The summed E-state index contributed by atoms with van der Waals surface area (Å²) in [5.41, 5.74) is 0.593. The van der Waals surface area contributed by atoms with Crippen LogP contribution in [-0.4, -0.2) is 24.9 Å². The minimum atomic E-state index is -3.99. The monoisotopic (exact) mass is 429 g/mol. The molecule has 0 bridgehead atoms. The van der Waals surface area contributed by atoms with Gasteiger partial charge in [0.05, 0.1) is 4.90 Å². The molecule has 1 aliphatic rings. The molecule has 3 rings (SSSR count). The maximum Gasteiger partial charge on any atom is 0.285 e. The van der Waals surface area contributed by atoms with Gasteiger partial charge in [-0.25, -0.2) is 0 Å². The minimum absolute atomic E-state index is 0.0208. The van der Waals surface area contributed by atoms with Crippen molar-refractivity contribution in [1.29, 1.82) is 0 Å². The maximum atomic E-state index is 12.8. The predicted molar refractivity (Wildman–Crippen MR) is 121 cm³/mol. The Morgan fingerprint density at radius 3 is 2.55 bits per heavy atom. The van der Waals surface area contributed by atoms with Crippen LogP contribution in [0.1, 0.15) is 13.8 Å². The third-order valence-corrected chi connectivity index (χ3v) is 6.18. The normalized spacial score (nSPS) is 18.0. The average molecular weight is 430 g/mol. The van der Waals surface area contributed by atoms with Crippen molar-refractivity contribution in [3.05, 3.63) is 79.5 Å². The number of amides is 1. The molecule has 0 aromatic heterocycles. The molecule has 8 heteroatoms. The summed E-state index contributed by atoms with van der Waals surface area (Å²) in [5, 5.41) is 6.13. The molecule has 2 aromatic rings. The number of carbonyl (C=O) groups is 1. The molecule has 0 saturated carbocycles. The quantitative estimate of drug-likeness (QED) is 0.679. The van der Waals surface area contributed by atoms with Gasteiger partial charge < -0.3 is 10.6 Å². The van der Waals surface area contributed by atoms with Gasteiger partial charge in [-0.05, 0) is 23.6 Å². The summed E-state index contributed by atoms with van der Waals surface area (Å²) in [5.74, 6) is -0.385. The number of nitrogens with zero attached hydrogens (tertiary/aromatic N) is 1. The van der Waals surface area contributed by atoms with Crippen LogP contribution in [0.25, 0.3) is 10.8 Å². The van der Waals surface area contributed by atoms with Crippen molar-refractivity contribution in [2.24, 2.45) is 4.40 Å². The standard InChI is InChI=1S/C19H17N3O3S2.C2H6/c1-3-8-14(4-2)20-18-17(23)21-19(26-18)22-27(24,25)16-12-7-10-13-9-5-6-11-15(13)16;1-2/h3-12,18,20H,1-2H2,(H,21,22,23);1-2H3/b14-8+;. The van der Waals surface area contributed by atoms with Gasteiger partial charge in [0.1, 0.15) is 0 Å². The van der Waals surface area contributed by atoms with E-state index in [4.69, 9.17) is 0 Å². The lowest BCUT2D eigenvalue weighted by Crippen LogP contribution is -2.34. The average Bonchev–Trinajstić information content (AvgIpc) is 3.06. The fourth-order valence-corrected chi connectivity index (χ4v) is 4.82. The van der Waals surface area contributed by atoms with Crippen LogP contribution in [0.5, 0.6) is 0 Å². The van der Waals surface area contributed by atoms with E-state index in [0.29, 0.717) is 11.1 Å². The summed E-state index contributed by atoms with van der Waals surface area (Å²) >= 11 is 0.991. The zero-order valence-corrected chi connectivity index (χ0v) is 17.9. The van der Waals surface area contributed by atoms with Crippen LogP contribution in [0.4, 0.5) is 0 Å². The van der Waals surface area contributed by atoms with Crippen LogP contribution in [0, 0.1) is 0 Å². The number of carbonyl (C=O) groups excluding carboxylic acids is 1. The van der Waals surface area contributed by atoms with E-state index in [1.165, 1.54) is 12.1 Å². The molecular weight excluding hydrogens is 406 g/mol. The molecule has 6 nitrogen and oxygen atoms in total. The minimum Gasteiger partial charge on any atom is -0.365 e. The lowest BCUT2D eigenvalue weighted by Gasteiger charge is -2.10. The van der Waals surface area contributed by atoms with Gasteiger partial charge in [-0.2, -0.15) is 8.42 Å². The molecule has 1 amide bonds. The van der Waals surface area contributed by atoms with Crippen molar-refractivity contribution in [3.63, 3.8) is 0 Å². The third kappa shape index (κ3) is 5.36. The highest BCUT2D eigenvalue weighted by atomic mass is 32.2. The smallest absolute Gasteiger partial charge is 0.285 e. The largest absolute Gasteiger partial charge is 0.365 e. The Bertz CT molecular complexity index is 1080. The van der Waals surface area contributed by atoms with Crippen LogP contribution in [0.15, 0.2) is 88.8 Å². The summed E-state index contributed by atoms with van der Waals surface area (Å²) in [6.45, 7) is 11.2. The summed E-state index contributed by atoms with van der Waals surface area (Å²) in [4.78, 5) is 12.2. The van der Waals surface area contributed by atoms with E-state index in [1.807, 2.05) is 32.0 Å². The Kier molecular flexibility index (Phi) is 7.81. The van der Waals surface area contributed by atoms with Gasteiger partial charge in [0.25, 0.3) is 15.9 Å². The number of rotatable bonds is 6. The first kappa shape index (κ1) is 22.4. The maximum absolute atomic E-state index is 12.8. The van der Waals surface area contributed by atoms with Crippen LogP contribution in [-0.2, 0) is 14.8 Å². The molecule has 1 aliphatic heterocycles. The van der Waals surface area contributed by atoms with E-state index in [1.54, 1.807) is 30.4 Å². The van der Waals surface area contributed by atoms with Crippen molar-refractivity contribution in [1.82, 2.24) is 10.6 Å². The van der Waals surface area contributed by atoms with E-state index in [-0.39, 0.29) is 16.0 Å². The number of allylic oxidation sites excluding steroid dienone is 3. The van der Waals surface area contributed by atoms with Crippen molar-refractivity contribution in [2.75, 3.05) is 0 Å². The Morgan fingerprint density at radius 2 is 1.86 bits per heavy atom. The SMILES string of the molecule is C=C/C=C(\C=C)NC1S/C(=N/S(=O)(=O)c2cccc3ccccc23)NC1=O.CC. The van der Waals surface area contributed by atoms with E-state index >= 15 is 0 Å². The van der Waals surface area contributed by atoms with Crippen molar-refractivity contribution in [2.45, 2.75) is 24.1 Å². The van der Waals surface area contributed by atoms with Crippen LogP contribution in [0.2, 0.25) is 0 Å². The topological polar surface area (TPSA) is 87.6 Å². The second kappa shape index (κ2) is 10.1. The van der Waals surface area contributed by atoms with E-state index in [2.05, 4.69) is 28.2 Å². The first-order valence-corrected chi connectivity index (χ1v) is 11.3. The van der Waals surface area contributed by atoms with Gasteiger partial charge in [-0.3, -0.25) is 4.79 Å². The van der Waals surface area contributed by atoms with Gasteiger partial charge in [0.15, 0.2) is 10.5 Å². The summed E-state index contributed by atoms with van der Waals surface area (Å²) < 4.78 is 29.4. The Hall–Kier alpha value is -2.84. The number of nitrogens with one attached hydrogen (secondary N) is 2. The van der Waals surface area contributed by atoms with E-state index < -0.39 is 15.4 Å². The van der Waals surface area contributed by atoms with Crippen molar-refractivity contribution < 1.29 is 13.2 Å². The van der Waals surface area contributed by atoms with Crippen LogP contribution < -0.4 is 10.6 Å². The van der Waals surface area contributed by atoms with E-state index in [9.17, 15) is 13.2 Å².